The Labute approximate surface area is 151 Å². The first-order valence-electron chi connectivity index (χ1n) is 6.92. The van der Waals surface area contributed by atoms with E-state index < -0.39 is 11.7 Å². The predicted molar refractivity (Wildman–Crippen MR) is 90.7 cm³/mol. The summed E-state index contributed by atoms with van der Waals surface area (Å²) in [5.74, 6) is -0.562. The van der Waals surface area contributed by atoms with Crippen LogP contribution in [0.4, 0.5) is 10.2 Å². The van der Waals surface area contributed by atoms with E-state index in [1.807, 2.05) is 0 Å². The van der Waals surface area contributed by atoms with Crippen molar-refractivity contribution in [1.29, 1.82) is 0 Å². The molecule has 0 aliphatic carbocycles. The fourth-order valence-electron chi connectivity index (χ4n) is 2.13. The van der Waals surface area contributed by atoms with Crippen molar-refractivity contribution in [2.45, 2.75) is 0 Å². The molecule has 1 aromatic heterocycles. The number of carbonyl (C=O) groups is 1. The van der Waals surface area contributed by atoms with Crippen molar-refractivity contribution in [2.75, 3.05) is 12.4 Å². The van der Waals surface area contributed by atoms with Crippen molar-refractivity contribution in [1.82, 2.24) is 10.3 Å². The largest absolute Gasteiger partial charge is 0.494 e. The molecule has 3 aromatic rings. The van der Waals surface area contributed by atoms with Crippen LogP contribution in [0.3, 0.4) is 0 Å². The molecule has 0 aliphatic heterocycles. The summed E-state index contributed by atoms with van der Waals surface area (Å²) < 4.78 is 22.7. The maximum atomic E-state index is 13.0. The van der Waals surface area contributed by atoms with E-state index in [0.717, 1.165) is 0 Å². The summed E-state index contributed by atoms with van der Waals surface area (Å²) in [6.07, 6.45) is 0. The quantitative estimate of drug-likeness (QED) is 0.722. The molecule has 128 valence electrons. The van der Waals surface area contributed by atoms with Gasteiger partial charge in [0.25, 0.3) is 5.91 Å². The highest BCUT2D eigenvalue weighted by molar-refractivity contribution is 6.37. The molecule has 0 unspecified atom stereocenters. The lowest BCUT2D eigenvalue weighted by Gasteiger charge is -2.08. The molecule has 2 aromatic carbocycles. The molecular weight excluding hydrogens is 372 g/mol. The van der Waals surface area contributed by atoms with Crippen molar-refractivity contribution in [3.8, 4) is 17.0 Å². The number of hydrogen-bond donors (Lipinski definition) is 1. The number of carbonyl (C=O) groups excluding carboxylic acids is 1. The van der Waals surface area contributed by atoms with E-state index in [1.54, 1.807) is 0 Å². The van der Waals surface area contributed by atoms with E-state index in [-0.39, 0.29) is 32.9 Å². The number of nitrogens with one attached hydrogen (secondary N) is 1. The topological polar surface area (TPSA) is 77.2 Å². The first-order valence-corrected chi connectivity index (χ1v) is 7.68. The third-order valence-corrected chi connectivity index (χ3v) is 3.86. The van der Waals surface area contributed by atoms with Gasteiger partial charge in [0, 0.05) is 11.1 Å². The van der Waals surface area contributed by atoms with Crippen LogP contribution < -0.4 is 10.1 Å². The van der Waals surface area contributed by atoms with E-state index in [1.165, 1.54) is 43.5 Å². The molecule has 1 N–H and O–H groups in total. The Morgan fingerprint density at radius 1 is 1.16 bits per heavy atom. The molecule has 6 nitrogen and oxygen atoms in total. The maximum absolute atomic E-state index is 13.0. The minimum atomic E-state index is -0.523. The number of anilines is 1. The minimum absolute atomic E-state index is 0.0830. The lowest BCUT2D eigenvalue weighted by molar-refractivity contribution is 0.102. The van der Waals surface area contributed by atoms with Crippen molar-refractivity contribution < 1.29 is 18.6 Å². The summed E-state index contributed by atoms with van der Waals surface area (Å²) in [7, 11) is 1.42. The first-order chi connectivity index (χ1) is 12.0. The zero-order chi connectivity index (χ0) is 18.0. The van der Waals surface area contributed by atoms with Gasteiger partial charge in [-0.15, -0.1) is 0 Å². The van der Waals surface area contributed by atoms with Gasteiger partial charge in [-0.25, -0.2) is 9.02 Å². The van der Waals surface area contributed by atoms with Crippen molar-refractivity contribution in [3.63, 3.8) is 0 Å². The highest BCUT2D eigenvalue weighted by atomic mass is 35.5. The average Bonchev–Trinajstić information content (AvgIpc) is 3.03. The SMILES string of the molecule is COc1c(Cl)cc(C(=O)Nc2nonc2-c2ccc(F)cc2)cc1Cl. The van der Waals surface area contributed by atoms with Crippen LogP contribution in [-0.2, 0) is 0 Å². The molecule has 0 bridgehead atoms. The van der Waals surface area contributed by atoms with E-state index >= 15 is 0 Å². The highest BCUT2D eigenvalue weighted by Gasteiger charge is 2.18. The fraction of sp³-hybridized carbons (Fsp3) is 0.0625. The van der Waals surface area contributed by atoms with Gasteiger partial charge in [-0.1, -0.05) is 23.2 Å². The molecule has 9 heteroatoms. The molecule has 25 heavy (non-hydrogen) atoms. The number of amides is 1. The van der Waals surface area contributed by atoms with Gasteiger partial charge < -0.3 is 10.1 Å². The van der Waals surface area contributed by atoms with Gasteiger partial charge in [-0.05, 0) is 46.7 Å². The fourth-order valence-corrected chi connectivity index (χ4v) is 2.77. The van der Waals surface area contributed by atoms with E-state index in [0.29, 0.717) is 5.56 Å². The summed E-state index contributed by atoms with van der Waals surface area (Å²) in [4.78, 5) is 12.4. The molecule has 0 spiro atoms. The molecule has 0 atom stereocenters. The number of hydrogen-bond acceptors (Lipinski definition) is 5. The summed E-state index contributed by atoms with van der Waals surface area (Å²) in [6, 6.07) is 8.33. The number of nitrogens with zero attached hydrogens (tertiary/aromatic N) is 2. The molecule has 1 heterocycles. The van der Waals surface area contributed by atoms with Crippen LogP contribution in [0.2, 0.25) is 10.0 Å². The number of rotatable bonds is 4. The number of methoxy groups -OCH3 is 1. The monoisotopic (exact) mass is 381 g/mol. The predicted octanol–water partition coefficient (Wildman–Crippen LogP) is 4.44. The number of benzene rings is 2. The van der Waals surface area contributed by atoms with Crippen LogP contribution in [0.25, 0.3) is 11.3 Å². The van der Waals surface area contributed by atoms with Crippen LogP contribution in [0.5, 0.6) is 5.75 Å². The van der Waals surface area contributed by atoms with Crippen LogP contribution in [-0.4, -0.2) is 23.3 Å². The second kappa shape index (κ2) is 7.08. The van der Waals surface area contributed by atoms with E-state index in [4.69, 9.17) is 27.9 Å². The molecular formula is C16H10Cl2FN3O3. The molecule has 0 radical (unpaired) electrons. The highest BCUT2D eigenvalue weighted by Crippen LogP contribution is 2.34. The summed E-state index contributed by atoms with van der Waals surface area (Å²) >= 11 is 12.1. The van der Waals surface area contributed by atoms with Gasteiger partial charge in [0.05, 0.1) is 17.2 Å². The number of aromatic nitrogens is 2. The minimum Gasteiger partial charge on any atom is -0.494 e. The van der Waals surface area contributed by atoms with Crippen LogP contribution in [0.1, 0.15) is 10.4 Å². The Balaban J connectivity index is 1.88. The summed E-state index contributed by atoms with van der Waals surface area (Å²) in [5.41, 5.74) is 0.992. The van der Waals surface area contributed by atoms with Gasteiger partial charge in [0.15, 0.2) is 11.4 Å². The molecule has 1 amide bonds. The van der Waals surface area contributed by atoms with Gasteiger partial charge >= 0.3 is 0 Å². The van der Waals surface area contributed by atoms with E-state index in [2.05, 4.69) is 20.3 Å². The summed E-state index contributed by atoms with van der Waals surface area (Å²) in [6.45, 7) is 0. The van der Waals surface area contributed by atoms with Crippen molar-refractivity contribution in [2.24, 2.45) is 0 Å². The molecule has 0 fully saturated rings. The normalized spacial score (nSPS) is 10.6. The molecule has 0 aliphatic rings. The third kappa shape index (κ3) is 3.57. The number of ether oxygens (including phenoxy) is 1. The molecule has 0 saturated carbocycles. The van der Waals surface area contributed by atoms with Crippen molar-refractivity contribution in [3.05, 3.63) is 57.8 Å². The zero-order valence-corrected chi connectivity index (χ0v) is 14.2. The lowest BCUT2D eigenvalue weighted by Crippen LogP contribution is -2.13. The van der Waals surface area contributed by atoms with Gasteiger partial charge in [0.1, 0.15) is 5.82 Å². The zero-order valence-electron chi connectivity index (χ0n) is 12.7. The maximum Gasteiger partial charge on any atom is 0.257 e. The van der Waals surface area contributed by atoms with Crippen LogP contribution in [0.15, 0.2) is 41.0 Å². The van der Waals surface area contributed by atoms with E-state index in [9.17, 15) is 9.18 Å². The first kappa shape index (κ1) is 17.2. The van der Waals surface area contributed by atoms with Gasteiger partial charge in [0.2, 0.25) is 5.82 Å². The smallest absolute Gasteiger partial charge is 0.257 e. The Morgan fingerprint density at radius 2 is 1.80 bits per heavy atom. The van der Waals surface area contributed by atoms with Gasteiger partial charge in [-0.3, -0.25) is 4.79 Å². The number of halogens is 3. The Hall–Kier alpha value is -2.64. The summed E-state index contributed by atoms with van der Waals surface area (Å²) in [5, 5.41) is 10.3. The molecule has 0 saturated heterocycles. The Bertz CT molecular complexity index is 906. The third-order valence-electron chi connectivity index (χ3n) is 3.30. The van der Waals surface area contributed by atoms with Crippen LogP contribution in [0, 0.1) is 5.82 Å². The Kier molecular flexibility index (Phi) is 4.87. The lowest BCUT2D eigenvalue weighted by atomic mass is 10.1. The standard InChI is InChI=1S/C16H10Cl2FN3O3/c1-24-14-11(17)6-9(7-12(14)18)16(23)20-15-13(21-25-22-15)8-2-4-10(19)5-3-8/h2-7H,1H3,(H,20,22,23). The Morgan fingerprint density at radius 3 is 2.40 bits per heavy atom. The second-order valence-electron chi connectivity index (χ2n) is 4.90. The van der Waals surface area contributed by atoms with Crippen molar-refractivity contribution >= 4 is 34.9 Å². The van der Waals surface area contributed by atoms with Gasteiger partial charge in [-0.2, -0.15) is 0 Å². The second-order valence-corrected chi connectivity index (χ2v) is 5.71. The van der Waals surface area contributed by atoms with Crippen LogP contribution >= 0.6 is 23.2 Å². The molecule has 3 rings (SSSR count). The average molecular weight is 382 g/mol.